The van der Waals surface area contributed by atoms with E-state index >= 15 is 0 Å². The van der Waals surface area contributed by atoms with E-state index in [1.807, 2.05) is 85.8 Å². The van der Waals surface area contributed by atoms with Crippen LogP contribution in [0.1, 0.15) is 50.7 Å². The Labute approximate surface area is 284 Å². The number of benzene rings is 4. The highest BCUT2D eigenvalue weighted by Gasteiger charge is 2.10. The van der Waals surface area contributed by atoms with Crippen molar-refractivity contribution >= 4 is 39.7 Å². The van der Waals surface area contributed by atoms with Crippen molar-refractivity contribution in [3.63, 3.8) is 0 Å². The quantitative estimate of drug-likeness (QED) is 0.0561. The molecule has 0 fully saturated rings. The second kappa shape index (κ2) is 17.5. The van der Waals surface area contributed by atoms with E-state index in [1.165, 1.54) is 29.6 Å². The van der Waals surface area contributed by atoms with Crippen LogP contribution in [-0.2, 0) is 20.1 Å². The van der Waals surface area contributed by atoms with Crippen LogP contribution in [0.25, 0.3) is 0 Å². The minimum absolute atomic E-state index is 0.0485. The topological polar surface area (TPSA) is 69.7 Å². The van der Waals surface area contributed by atoms with E-state index in [2.05, 4.69) is 36.8 Å². The minimum Gasteiger partial charge on any atom is -0.490 e. The van der Waals surface area contributed by atoms with Crippen molar-refractivity contribution in [2.24, 2.45) is 0 Å². The molecule has 47 heavy (non-hydrogen) atoms. The molecule has 0 bridgehead atoms. The van der Waals surface area contributed by atoms with Crippen LogP contribution in [0.4, 0.5) is 0 Å². The lowest BCUT2D eigenvalue weighted by atomic mass is 10.1. The molecule has 0 aliphatic rings. The van der Waals surface area contributed by atoms with Gasteiger partial charge in [0.15, 0.2) is 0 Å². The van der Waals surface area contributed by atoms with Gasteiger partial charge < -0.3 is 9.47 Å². The molecule has 0 saturated heterocycles. The minimum atomic E-state index is -0.430. The van der Waals surface area contributed by atoms with E-state index in [1.54, 1.807) is 19.1 Å². The number of ether oxygens (including phenoxy) is 2. The van der Waals surface area contributed by atoms with E-state index in [-0.39, 0.29) is 23.4 Å². The van der Waals surface area contributed by atoms with Crippen molar-refractivity contribution in [3.05, 3.63) is 155 Å². The van der Waals surface area contributed by atoms with Crippen LogP contribution in [-0.4, -0.2) is 29.4 Å². The first-order chi connectivity index (χ1) is 22.7. The van der Waals surface area contributed by atoms with E-state index in [4.69, 9.17) is 9.47 Å². The maximum atomic E-state index is 12.9. The number of hydrogen-bond acceptors (Lipinski definition) is 7. The van der Waals surface area contributed by atoms with Gasteiger partial charge in [-0.05, 0) is 128 Å². The maximum Gasteiger partial charge on any atom is 0.333 e. The zero-order chi connectivity index (χ0) is 33.6. The first-order valence-corrected chi connectivity index (χ1v) is 16.4. The molecule has 0 saturated carbocycles. The smallest absolute Gasteiger partial charge is 0.333 e. The lowest BCUT2D eigenvalue weighted by Crippen LogP contribution is -2.12. The lowest BCUT2D eigenvalue weighted by Gasteiger charge is -2.07. The van der Waals surface area contributed by atoms with Crippen molar-refractivity contribution in [2.75, 3.05) is 13.2 Å². The number of aryl methyl sites for hydroxylation is 1. The molecule has 0 amide bonds. The molecule has 0 spiro atoms. The fraction of sp³-hybridized carbons (Fsp3) is 0.125. The number of carbonyl (C=O) groups is 3. The van der Waals surface area contributed by atoms with Crippen LogP contribution >= 0.6 is 23.5 Å². The summed E-state index contributed by atoms with van der Waals surface area (Å²) >= 11 is 2.39. The Morgan fingerprint density at radius 2 is 1.30 bits per heavy atom. The van der Waals surface area contributed by atoms with Gasteiger partial charge in [0.1, 0.15) is 19.0 Å². The normalized spacial score (nSPS) is 10.0. The van der Waals surface area contributed by atoms with Crippen molar-refractivity contribution in [1.82, 2.24) is 0 Å². The van der Waals surface area contributed by atoms with Gasteiger partial charge in [-0.25, -0.2) is 4.79 Å². The van der Waals surface area contributed by atoms with Crippen LogP contribution in [0.15, 0.2) is 121 Å². The molecule has 7 heteroatoms. The summed E-state index contributed by atoms with van der Waals surface area (Å²) < 4.78 is 10.6. The average Bonchev–Trinajstić information content (AvgIpc) is 3.08. The molecule has 4 rings (SSSR count). The number of rotatable bonds is 10. The molecule has 0 N–H and O–H groups in total. The van der Waals surface area contributed by atoms with E-state index in [9.17, 15) is 14.4 Å². The largest absolute Gasteiger partial charge is 0.490 e. The van der Waals surface area contributed by atoms with Crippen LogP contribution < -0.4 is 4.74 Å². The van der Waals surface area contributed by atoms with E-state index < -0.39 is 5.97 Å². The van der Waals surface area contributed by atoms with Gasteiger partial charge in [-0.3, -0.25) is 9.59 Å². The molecule has 0 atom stereocenters. The monoisotopic (exact) mass is 656 g/mol. The van der Waals surface area contributed by atoms with Crippen molar-refractivity contribution in [2.45, 2.75) is 24.5 Å². The Hall–Kier alpha value is -5.21. The van der Waals surface area contributed by atoms with Crippen LogP contribution in [0.5, 0.6) is 5.75 Å². The molecule has 4 aromatic carbocycles. The molecular formula is C40H32O5S2. The second-order valence-electron chi connectivity index (χ2n) is 10.2. The molecule has 0 aliphatic carbocycles. The summed E-state index contributed by atoms with van der Waals surface area (Å²) in [5, 5.41) is -0.107. The molecule has 0 heterocycles. The molecule has 0 aliphatic heterocycles. The number of thioether (sulfide) groups is 2. The zero-order valence-electron chi connectivity index (χ0n) is 26.1. The van der Waals surface area contributed by atoms with Gasteiger partial charge >= 0.3 is 5.97 Å². The van der Waals surface area contributed by atoms with Gasteiger partial charge in [0.2, 0.25) is 10.2 Å². The highest BCUT2D eigenvalue weighted by atomic mass is 32.2. The van der Waals surface area contributed by atoms with Gasteiger partial charge in [0.05, 0.1) is 0 Å². The predicted molar refractivity (Wildman–Crippen MR) is 190 cm³/mol. The van der Waals surface area contributed by atoms with Gasteiger partial charge in [0, 0.05) is 44.0 Å². The third kappa shape index (κ3) is 11.3. The number of carbonyl (C=O) groups excluding carboxylic acids is 3. The number of esters is 1. The summed E-state index contributed by atoms with van der Waals surface area (Å²) in [4.78, 5) is 36.6. The Morgan fingerprint density at radius 3 is 1.81 bits per heavy atom. The molecule has 0 radical (unpaired) electrons. The Kier molecular flexibility index (Phi) is 12.9. The lowest BCUT2D eigenvalue weighted by molar-refractivity contribution is -0.139. The Morgan fingerprint density at radius 1 is 0.766 bits per heavy atom. The van der Waals surface area contributed by atoms with Gasteiger partial charge in [-0.2, -0.15) is 0 Å². The summed E-state index contributed by atoms with van der Waals surface area (Å²) in [6.45, 7) is 11.0. The van der Waals surface area contributed by atoms with Gasteiger partial charge in [-0.1, -0.05) is 54.7 Å². The van der Waals surface area contributed by atoms with Gasteiger partial charge in [0.25, 0.3) is 0 Å². The van der Waals surface area contributed by atoms with Crippen LogP contribution in [0.3, 0.4) is 0 Å². The van der Waals surface area contributed by atoms with Crippen molar-refractivity contribution in [1.29, 1.82) is 0 Å². The van der Waals surface area contributed by atoms with Crippen molar-refractivity contribution in [3.8, 4) is 29.4 Å². The Balaban J connectivity index is 1.27. The van der Waals surface area contributed by atoms with E-state index in [0.29, 0.717) is 22.6 Å². The molecule has 0 aromatic heterocycles. The third-order valence-electron chi connectivity index (χ3n) is 6.56. The van der Waals surface area contributed by atoms with Crippen LogP contribution in [0, 0.1) is 30.6 Å². The average molecular weight is 657 g/mol. The fourth-order valence-corrected chi connectivity index (χ4v) is 5.51. The Bertz CT molecular complexity index is 1900. The molecule has 5 nitrogen and oxygen atoms in total. The highest BCUT2D eigenvalue weighted by Crippen LogP contribution is 2.27. The molecule has 0 unspecified atom stereocenters. The van der Waals surface area contributed by atoms with Gasteiger partial charge in [-0.15, -0.1) is 0 Å². The predicted octanol–water partition coefficient (Wildman–Crippen LogP) is 8.17. The van der Waals surface area contributed by atoms with Crippen molar-refractivity contribution < 1.29 is 23.9 Å². The summed E-state index contributed by atoms with van der Waals surface area (Å²) in [7, 11) is 0. The third-order valence-corrected chi connectivity index (χ3v) is 8.37. The maximum absolute atomic E-state index is 12.9. The van der Waals surface area contributed by atoms with Crippen LogP contribution in [0.2, 0.25) is 0 Å². The SMILES string of the molecule is C=CC(=O)SCc1ccc(SC(=O)c2ccc(C#Cc3ccc(C#Cc4ccc(OCCOC(=O)C(=C)C)cc4)cc3)cc2)cc1C. The summed E-state index contributed by atoms with van der Waals surface area (Å²) in [5.74, 6) is 13.4. The molecular weight excluding hydrogens is 625 g/mol. The summed E-state index contributed by atoms with van der Waals surface area (Å²) in [6.07, 6.45) is 1.31. The van der Waals surface area contributed by atoms with E-state index in [0.717, 1.165) is 38.3 Å². The molecule has 4 aromatic rings. The standard InChI is InChI=1S/C40H32O5S2/c1-5-38(41)46-27-35-20-23-37(26-29(35)4)47-40(43)34-18-14-32(15-19-34)12-10-30-6-8-31(9-7-30)11-13-33-16-21-36(22-17-33)44-24-25-45-39(42)28(2)3/h5-9,14-23,26H,1-2,24-25,27H2,3-4H3. The molecule has 234 valence electrons. The number of hydrogen-bond donors (Lipinski definition) is 0. The summed E-state index contributed by atoms with van der Waals surface area (Å²) in [6, 6.07) is 28.2. The second-order valence-corrected chi connectivity index (χ2v) is 12.3. The fourth-order valence-electron chi connectivity index (χ4n) is 3.93. The first-order valence-electron chi connectivity index (χ1n) is 14.6. The summed E-state index contributed by atoms with van der Waals surface area (Å²) in [5.41, 5.74) is 6.41. The first kappa shape index (κ1) is 34.7. The highest BCUT2D eigenvalue weighted by molar-refractivity contribution is 8.14. The zero-order valence-corrected chi connectivity index (χ0v) is 27.8.